The fourth-order valence-corrected chi connectivity index (χ4v) is 1.92. The molecule has 0 aromatic heterocycles. The topological polar surface area (TPSA) is 44.3 Å². The number of aliphatic hydroxyl groups is 1. The van der Waals surface area contributed by atoms with E-state index in [1.165, 1.54) is 12.8 Å². The Morgan fingerprint density at radius 1 is 1.31 bits per heavy atom. The van der Waals surface area contributed by atoms with Gasteiger partial charge in [0, 0.05) is 6.54 Å². The van der Waals surface area contributed by atoms with E-state index in [4.69, 9.17) is 0 Å². The van der Waals surface area contributed by atoms with Crippen LogP contribution in [0.5, 0.6) is 0 Å². The van der Waals surface area contributed by atoms with Crippen LogP contribution in [0.1, 0.15) is 25.7 Å². The van der Waals surface area contributed by atoms with Crippen LogP contribution in [0.3, 0.4) is 0 Å². The van der Waals surface area contributed by atoms with Crippen molar-refractivity contribution >= 4 is 0 Å². The molecule has 1 aliphatic carbocycles. The van der Waals surface area contributed by atoms with E-state index in [9.17, 15) is 5.11 Å². The van der Waals surface area contributed by atoms with Crippen molar-refractivity contribution < 1.29 is 5.11 Å². The summed E-state index contributed by atoms with van der Waals surface area (Å²) in [5.74, 6) is 0.823. The highest BCUT2D eigenvalue weighted by atomic mass is 16.3. The first-order valence-corrected chi connectivity index (χ1v) is 5.42. The quantitative estimate of drug-likeness (QED) is 0.580. The third-order valence-corrected chi connectivity index (χ3v) is 3.17. The molecule has 1 saturated carbocycles. The first kappa shape index (κ1) is 9.44. The Morgan fingerprint density at radius 3 is 2.62 bits per heavy atom. The summed E-state index contributed by atoms with van der Waals surface area (Å²) >= 11 is 0. The van der Waals surface area contributed by atoms with Gasteiger partial charge in [-0.2, -0.15) is 0 Å². The van der Waals surface area contributed by atoms with Crippen LogP contribution in [0.15, 0.2) is 0 Å². The van der Waals surface area contributed by atoms with Crippen LogP contribution in [0, 0.1) is 5.92 Å². The van der Waals surface area contributed by atoms with E-state index in [1.54, 1.807) is 0 Å². The molecule has 2 rings (SSSR count). The van der Waals surface area contributed by atoms with Crippen LogP contribution < -0.4 is 10.6 Å². The van der Waals surface area contributed by atoms with E-state index < -0.39 is 0 Å². The lowest BCUT2D eigenvalue weighted by atomic mass is 9.98. The Hall–Kier alpha value is -0.120. The second kappa shape index (κ2) is 3.95. The molecule has 0 amide bonds. The van der Waals surface area contributed by atoms with Gasteiger partial charge in [0.15, 0.2) is 0 Å². The zero-order valence-electron chi connectivity index (χ0n) is 8.18. The number of rotatable bonds is 4. The maximum absolute atomic E-state index is 9.58. The number of hydrogen-bond acceptors (Lipinski definition) is 3. The van der Waals surface area contributed by atoms with Gasteiger partial charge >= 0.3 is 0 Å². The molecule has 13 heavy (non-hydrogen) atoms. The molecule has 0 unspecified atom stereocenters. The van der Waals surface area contributed by atoms with Crippen LogP contribution >= 0.6 is 0 Å². The molecule has 0 atom stereocenters. The van der Waals surface area contributed by atoms with E-state index in [0.29, 0.717) is 0 Å². The third-order valence-electron chi connectivity index (χ3n) is 3.17. The Balaban J connectivity index is 1.56. The summed E-state index contributed by atoms with van der Waals surface area (Å²) < 4.78 is 0. The minimum atomic E-state index is -0.326. The SMILES string of the molecule is OC1(CNCC2CCNCC2)CC1. The largest absolute Gasteiger partial charge is 0.389 e. The van der Waals surface area contributed by atoms with E-state index in [2.05, 4.69) is 10.6 Å². The Morgan fingerprint density at radius 2 is 2.00 bits per heavy atom. The van der Waals surface area contributed by atoms with E-state index in [-0.39, 0.29) is 5.60 Å². The average molecular weight is 184 g/mol. The van der Waals surface area contributed by atoms with Gasteiger partial charge in [-0.05, 0) is 51.2 Å². The predicted octanol–water partition coefficient (Wildman–Crippen LogP) is 0.100. The lowest BCUT2D eigenvalue weighted by molar-refractivity contribution is 0.145. The highest BCUT2D eigenvalue weighted by molar-refractivity contribution is 4.95. The van der Waals surface area contributed by atoms with Gasteiger partial charge in [-0.25, -0.2) is 0 Å². The van der Waals surface area contributed by atoms with Crippen LogP contribution in [-0.2, 0) is 0 Å². The van der Waals surface area contributed by atoms with Gasteiger partial charge in [0.25, 0.3) is 0 Å². The van der Waals surface area contributed by atoms with Crippen LogP contribution in [-0.4, -0.2) is 36.9 Å². The van der Waals surface area contributed by atoms with Crippen molar-refractivity contribution in [1.82, 2.24) is 10.6 Å². The zero-order valence-corrected chi connectivity index (χ0v) is 8.18. The van der Waals surface area contributed by atoms with Crippen molar-refractivity contribution in [1.29, 1.82) is 0 Å². The number of nitrogens with one attached hydrogen (secondary N) is 2. The molecule has 76 valence electrons. The van der Waals surface area contributed by atoms with Crippen molar-refractivity contribution in [2.24, 2.45) is 5.92 Å². The smallest absolute Gasteiger partial charge is 0.0773 e. The summed E-state index contributed by atoms with van der Waals surface area (Å²) in [6.07, 6.45) is 4.55. The van der Waals surface area contributed by atoms with Gasteiger partial charge in [0.1, 0.15) is 0 Å². The average Bonchev–Trinajstić information content (AvgIpc) is 2.86. The van der Waals surface area contributed by atoms with Crippen LogP contribution in [0.25, 0.3) is 0 Å². The van der Waals surface area contributed by atoms with Gasteiger partial charge in [0.05, 0.1) is 5.60 Å². The van der Waals surface area contributed by atoms with Gasteiger partial charge in [-0.3, -0.25) is 0 Å². The summed E-state index contributed by atoms with van der Waals surface area (Å²) in [6, 6.07) is 0. The lowest BCUT2D eigenvalue weighted by Gasteiger charge is -2.23. The fraction of sp³-hybridized carbons (Fsp3) is 1.00. The van der Waals surface area contributed by atoms with Gasteiger partial charge in [-0.15, -0.1) is 0 Å². The highest BCUT2D eigenvalue weighted by Gasteiger charge is 2.39. The minimum absolute atomic E-state index is 0.326. The van der Waals surface area contributed by atoms with Crippen molar-refractivity contribution in [3.05, 3.63) is 0 Å². The molecule has 2 fully saturated rings. The zero-order chi connectivity index (χ0) is 9.15. The molecule has 1 saturated heterocycles. The third kappa shape index (κ3) is 2.93. The van der Waals surface area contributed by atoms with Gasteiger partial charge in [-0.1, -0.05) is 0 Å². The summed E-state index contributed by atoms with van der Waals surface area (Å²) in [7, 11) is 0. The number of piperidine rings is 1. The molecule has 3 nitrogen and oxygen atoms in total. The molecule has 3 N–H and O–H groups in total. The molecule has 3 heteroatoms. The molecule has 2 aliphatic rings. The minimum Gasteiger partial charge on any atom is -0.389 e. The van der Waals surface area contributed by atoms with Crippen molar-refractivity contribution in [3.8, 4) is 0 Å². The fourth-order valence-electron chi connectivity index (χ4n) is 1.92. The Labute approximate surface area is 79.9 Å². The van der Waals surface area contributed by atoms with E-state index in [0.717, 1.165) is 44.9 Å². The van der Waals surface area contributed by atoms with Crippen molar-refractivity contribution in [2.45, 2.75) is 31.3 Å². The van der Waals surface area contributed by atoms with Crippen molar-refractivity contribution in [3.63, 3.8) is 0 Å². The van der Waals surface area contributed by atoms with Crippen molar-refractivity contribution in [2.75, 3.05) is 26.2 Å². The van der Waals surface area contributed by atoms with E-state index >= 15 is 0 Å². The second-order valence-electron chi connectivity index (χ2n) is 4.55. The molecule has 0 aromatic carbocycles. The van der Waals surface area contributed by atoms with E-state index in [1.807, 2.05) is 0 Å². The molecule has 1 heterocycles. The Bertz CT molecular complexity index is 162. The summed E-state index contributed by atoms with van der Waals surface area (Å²) in [4.78, 5) is 0. The highest BCUT2D eigenvalue weighted by Crippen LogP contribution is 2.33. The summed E-state index contributed by atoms with van der Waals surface area (Å²) in [6.45, 7) is 4.22. The van der Waals surface area contributed by atoms with Gasteiger partial charge in [0.2, 0.25) is 0 Å². The molecule has 0 aromatic rings. The summed E-state index contributed by atoms with van der Waals surface area (Å²) in [5, 5.41) is 16.3. The predicted molar refractivity (Wildman–Crippen MR) is 52.6 cm³/mol. The van der Waals surface area contributed by atoms with Crippen LogP contribution in [0.4, 0.5) is 0 Å². The number of hydrogen-bond donors (Lipinski definition) is 3. The first-order chi connectivity index (χ1) is 6.29. The molecule has 1 aliphatic heterocycles. The Kier molecular flexibility index (Phi) is 2.86. The molecular formula is C10H20N2O. The molecule has 0 radical (unpaired) electrons. The van der Waals surface area contributed by atoms with Gasteiger partial charge < -0.3 is 15.7 Å². The lowest BCUT2D eigenvalue weighted by Crippen LogP contribution is -2.36. The molecular weight excluding hydrogens is 164 g/mol. The maximum Gasteiger partial charge on any atom is 0.0773 e. The summed E-state index contributed by atoms with van der Waals surface area (Å²) in [5.41, 5.74) is -0.326. The normalized spacial score (nSPS) is 27.5. The van der Waals surface area contributed by atoms with Crippen LogP contribution in [0.2, 0.25) is 0 Å². The second-order valence-corrected chi connectivity index (χ2v) is 4.55. The monoisotopic (exact) mass is 184 g/mol. The molecule has 0 spiro atoms. The first-order valence-electron chi connectivity index (χ1n) is 5.42. The standard InChI is InChI=1S/C10H20N2O/c13-10(3-4-10)8-12-7-9-1-5-11-6-2-9/h9,11-13H,1-8H2. The maximum atomic E-state index is 9.58. The molecule has 0 bridgehead atoms.